The number of carbonyl (C=O) groups is 2. The molecular formula is C14H14ClNO5. The van der Waals surface area contributed by atoms with Gasteiger partial charge in [0.25, 0.3) is 5.91 Å². The second-order valence-corrected chi connectivity index (χ2v) is 5.57. The first-order valence-corrected chi connectivity index (χ1v) is 6.98. The number of carbonyl (C=O) groups excluding carboxylic acids is 2. The Morgan fingerprint density at radius 1 is 1.38 bits per heavy atom. The molecule has 21 heavy (non-hydrogen) atoms. The van der Waals surface area contributed by atoms with Crippen LogP contribution in [0.15, 0.2) is 12.1 Å². The quantitative estimate of drug-likeness (QED) is 0.863. The van der Waals surface area contributed by atoms with Gasteiger partial charge < -0.3 is 19.5 Å². The number of nitrogens with one attached hydrogen (secondary N) is 1. The molecule has 1 aliphatic heterocycles. The van der Waals surface area contributed by atoms with Gasteiger partial charge in [-0.2, -0.15) is 0 Å². The van der Waals surface area contributed by atoms with E-state index in [1.54, 1.807) is 12.1 Å². The first kappa shape index (κ1) is 14.0. The average Bonchev–Trinajstić information content (AvgIpc) is 3.00. The van der Waals surface area contributed by atoms with Crippen LogP contribution in [-0.4, -0.2) is 25.3 Å². The van der Waals surface area contributed by atoms with Crippen LogP contribution in [-0.2, 0) is 14.3 Å². The highest BCUT2D eigenvalue weighted by molar-refractivity contribution is 6.34. The van der Waals surface area contributed by atoms with Gasteiger partial charge in [0.05, 0.1) is 16.6 Å². The standard InChI is InChI=1S/C14H14ClNO5/c1-7-2-8(7)14(18)19-5-13(17)16-10-4-12-11(3-9(10)15)20-6-21-12/h3-4,7-8H,2,5-6H2,1H3,(H,16,17). The molecule has 0 aromatic heterocycles. The predicted molar refractivity (Wildman–Crippen MR) is 74.4 cm³/mol. The molecular weight excluding hydrogens is 298 g/mol. The van der Waals surface area contributed by atoms with Crippen molar-refractivity contribution in [3.63, 3.8) is 0 Å². The lowest BCUT2D eigenvalue weighted by atomic mass is 10.2. The molecule has 112 valence electrons. The van der Waals surface area contributed by atoms with Crippen LogP contribution < -0.4 is 14.8 Å². The fourth-order valence-electron chi connectivity index (χ4n) is 2.09. The normalized spacial score (nSPS) is 21.8. The van der Waals surface area contributed by atoms with Crippen molar-refractivity contribution < 1.29 is 23.8 Å². The van der Waals surface area contributed by atoms with Gasteiger partial charge in [-0.1, -0.05) is 18.5 Å². The zero-order valence-corrected chi connectivity index (χ0v) is 12.1. The van der Waals surface area contributed by atoms with Gasteiger partial charge in [0.2, 0.25) is 6.79 Å². The summed E-state index contributed by atoms with van der Waals surface area (Å²) in [6.45, 7) is 1.77. The molecule has 0 radical (unpaired) electrons. The Bertz CT molecular complexity index is 603. The van der Waals surface area contributed by atoms with Crippen molar-refractivity contribution in [1.82, 2.24) is 0 Å². The van der Waals surface area contributed by atoms with E-state index < -0.39 is 5.91 Å². The summed E-state index contributed by atoms with van der Waals surface area (Å²) in [6, 6.07) is 3.14. The molecule has 2 atom stereocenters. The van der Waals surface area contributed by atoms with Crippen molar-refractivity contribution in [2.45, 2.75) is 13.3 Å². The highest BCUT2D eigenvalue weighted by atomic mass is 35.5. The lowest BCUT2D eigenvalue weighted by molar-refractivity contribution is -0.148. The third-order valence-electron chi connectivity index (χ3n) is 3.49. The largest absolute Gasteiger partial charge is 0.455 e. The summed E-state index contributed by atoms with van der Waals surface area (Å²) in [7, 11) is 0. The fourth-order valence-corrected chi connectivity index (χ4v) is 2.29. The maximum Gasteiger partial charge on any atom is 0.309 e. The van der Waals surface area contributed by atoms with E-state index in [1.165, 1.54) is 0 Å². The van der Waals surface area contributed by atoms with Crippen LogP contribution in [0.25, 0.3) is 0 Å². The van der Waals surface area contributed by atoms with Crippen LogP contribution in [0, 0.1) is 11.8 Å². The lowest BCUT2D eigenvalue weighted by Crippen LogP contribution is -2.21. The van der Waals surface area contributed by atoms with E-state index in [0.717, 1.165) is 6.42 Å². The molecule has 2 aliphatic rings. The van der Waals surface area contributed by atoms with Crippen LogP contribution in [0.4, 0.5) is 5.69 Å². The highest BCUT2D eigenvalue weighted by Gasteiger charge is 2.40. The van der Waals surface area contributed by atoms with Gasteiger partial charge in [-0.25, -0.2) is 0 Å². The number of amides is 1. The molecule has 1 aromatic carbocycles. The number of ether oxygens (including phenoxy) is 3. The minimum atomic E-state index is -0.447. The van der Waals surface area contributed by atoms with Crippen LogP contribution in [0.1, 0.15) is 13.3 Å². The van der Waals surface area contributed by atoms with Crippen LogP contribution >= 0.6 is 11.6 Å². The number of anilines is 1. The van der Waals surface area contributed by atoms with E-state index in [2.05, 4.69) is 5.32 Å². The molecule has 0 bridgehead atoms. The molecule has 1 fully saturated rings. The Hall–Kier alpha value is -1.95. The number of esters is 1. The summed E-state index contributed by atoms with van der Waals surface area (Å²) in [5.41, 5.74) is 0.391. The van der Waals surface area contributed by atoms with Gasteiger partial charge in [-0.15, -0.1) is 0 Å². The Morgan fingerprint density at radius 3 is 2.71 bits per heavy atom. The van der Waals surface area contributed by atoms with Crippen molar-refractivity contribution in [2.24, 2.45) is 11.8 Å². The van der Waals surface area contributed by atoms with Gasteiger partial charge in [0, 0.05) is 12.1 Å². The summed E-state index contributed by atoms with van der Waals surface area (Å²) >= 11 is 6.04. The van der Waals surface area contributed by atoms with Gasteiger partial charge in [-0.3, -0.25) is 9.59 Å². The SMILES string of the molecule is CC1CC1C(=O)OCC(=O)Nc1cc2c(cc1Cl)OCO2. The number of fused-ring (bicyclic) bond motifs is 1. The minimum absolute atomic E-state index is 0.0630. The van der Waals surface area contributed by atoms with E-state index in [9.17, 15) is 9.59 Å². The van der Waals surface area contributed by atoms with Crippen molar-refractivity contribution >= 4 is 29.2 Å². The van der Waals surface area contributed by atoms with E-state index in [-0.39, 0.29) is 25.3 Å². The van der Waals surface area contributed by atoms with Crippen LogP contribution in [0.2, 0.25) is 5.02 Å². The molecule has 1 amide bonds. The molecule has 0 saturated heterocycles. The highest BCUT2D eigenvalue weighted by Crippen LogP contribution is 2.39. The Balaban J connectivity index is 1.56. The van der Waals surface area contributed by atoms with Gasteiger partial charge in [-0.05, 0) is 12.3 Å². The van der Waals surface area contributed by atoms with Crippen molar-refractivity contribution in [3.8, 4) is 11.5 Å². The maximum absolute atomic E-state index is 11.8. The van der Waals surface area contributed by atoms with Crippen molar-refractivity contribution in [3.05, 3.63) is 17.2 Å². The van der Waals surface area contributed by atoms with Crippen molar-refractivity contribution in [2.75, 3.05) is 18.7 Å². The third-order valence-corrected chi connectivity index (χ3v) is 3.81. The maximum atomic E-state index is 11.8. The number of hydrogen-bond donors (Lipinski definition) is 1. The Labute approximate surface area is 126 Å². The lowest BCUT2D eigenvalue weighted by Gasteiger charge is -2.09. The monoisotopic (exact) mass is 311 g/mol. The summed E-state index contributed by atoms with van der Waals surface area (Å²) in [4.78, 5) is 23.3. The minimum Gasteiger partial charge on any atom is -0.455 e. The molecule has 6 nitrogen and oxygen atoms in total. The zero-order valence-electron chi connectivity index (χ0n) is 11.3. The number of rotatable bonds is 4. The fraction of sp³-hybridized carbons (Fsp3) is 0.429. The molecule has 1 aromatic rings. The van der Waals surface area contributed by atoms with Gasteiger partial charge in [0.1, 0.15) is 0 Å². The number of hydrogen-bond acceptors (Lipinski definition) is 5. The van der Waals surface area contributed by atoms with E-state index >= 15 is 0 Å². The first-order valence-electron chi connectivity index (χ1n) is 6.60. The summed E-state index contributed by atoms with van der Waals surface area (Å²) in [5, 5.41) is 2.91. The van der Waals surface area contributed by atoms with E-state index in [1.807, 2.05) is 6.92 Å². The van der Waals surface area contributed by atoms with Crippen molar-refractivity contribution in [1.29, 1.82) is 0 Å². The van der Waals surface area contributed by atoms with E-state index in [0.29, 0.717) is 28.1 Å². The Morgan fingerprint density at radius 2 is 2.05 bits per heavy atom. The zero-order chi connectivity index (χ0) is 15.0. The molecule has 7 heteroatoms. The third kappa shape index (κ3) is 3.05. The molecule has 3 rings (SSSR count). The molecule has 0 spiro atoms. The molecule has 2 unspecified atom stereocenters. The molecule has 1 N–H and O–H groups in total. The topological polar surface area (TPSA) is 73.9 Å². The smallest absolute Gasteiger partial charge is 0.309 e. The molecule has 1 saturated carbocycles. The summed E-state index contributed by atoms with van der Waals surface area (Å²) in [5.74, 6) is 0.563. The van der Waals surface area contributed by atoms with Crippen LogP contribution in [0.3, 0.4) is 0 Å². The predicted octanol–water partition coefficient (Wildman–Crippen LogP) is 2.21. The summed E-state index contributed by atoms with van der Waals surface area (Å²) in [6.07, 6.45) is 0.828. The van der Waals surface area contributed by atoms with E-state index in [4.69, 9.17) is 25.8 Å². The number of halogens is 1. The summed E-state index contributed by atoms with van der Waals surface area (Å²) < 4.78 is 15.3. The first-order chi connectivity index (χ1) is 10.0. The van der Waals surface area contributed by atoms with Gasteiger partial charge in [0.15, 0.2) is 18.1 Å². The number of benzene rings is 1. The molecule has 1 aliphatic carbocycles. The van der Waals surface area contributed by atoms with Gasteiger partial charge >= 0.3 is 5.97 Å². The Kier molecular flexibility index (Phi) is 3.63. The van der Waals surface area contributed by atoms with Crippen LogP contribution in [0.5, 0.6) is 11.5 Å². The second kappa shape index (κ2) is 5.44. The molecule has 1 heterocycles. The second-order valence-electron chi connectivity index (χ2n) is 5.16. The average molecular weight is 312 g/mol.